The maximum absolute atomic E-state index is 13.3. The molecule has 2 nitrogen and oxygen atoms in total. The van der Waals surface area contributed by atoms with E-state index in [1.165, 1.54) is 25.3 Å². The van der Waals surface area contributed by atoms with E-state index < -0.39 is 0 Å². The molecule has 1 aliphatic rings. The average Bonchev–Trinajstić information content (AvgIpc) is 2.46. The Morgan fingerprint density at radius 1 is 1.25 bits per heavy atom. The van der Waals surface area contributed by atoms with E-state index >= 15 is 0 Å². The van der Waals surface area contributed by atoms with Gasteiger partial charge in [-0.15, -0.1) is 0 Å². The first-order valence-corrected chi connectivity index (χ1v) is 7.26. The number of hydrogen-bond donors (Lipinski definition) is 1. The van der Waals surface area contributed by atoms with Crippen LogP contribution in [0, 0.1) is 23.6 Å². The Hall–Kier alpha value is -1.82. The molecule has 0 bridgehead atoms. The molecule has 1 aromatic carbocycles. The summed E-state index contributed by atoms with van der Waals surface area (Å²) in [6.07, 6.45) is 6.70. The average molecular weight is 273 g/mol. The number of benzene rings is 1. The van der Waals surface area contributed by atoms with Crippen LogP contribution in [0.25, 0.3) is 0 Å². The predicted octanol–water partition coefficient (Wildman–Crippen LogP) is 3.26. The van der Waals surface area contributed by atoms with E-state index in [4.69, 9.17) is 0 Å². The van der Waals surface area contributed by atoms with Crippen LogP contribution in [0.1, 0.15) is 44.1 Å². The Bertz CT molecular complexity index is 509. The molecule has 0 aromatic heterocycles. The molecule has 0 unspecified atom stereocenters. The fourth-order valence-electron chi connectivity index (χ4n) is 2.57. The second kappa shape index (κ2) is 7.69. The highest BCUT2D eigenvalue weighted by atomic mass is 19.1. The molecular weight excluding hydrogens is 253 g/mol. The highest BCUT2D eigenvalue weighted by molar-refractivity contribution is 5.76. The summed E-state index contributed by atoms with van der Waals surface area (Å²) < 4.78 is 13.3. The molecule has 1 aromatic rings. The third kappa shape index (κ3) is 4.70. The Labute approximate surface area is 119 Å². The van der Waals surface area contributed by atoms with Crippen LogP contribution >= 0.6 is 0 Å². The maximum Gasteiger partial charge on any atom is 0.221 e. The van der Waals surface area contributed by atoms with E-state index in [0.29, 0.717) is 17.9 Å². The Morgan fingerprint density at radius 3 is 2.75 bits per heavy atom. The minimum atomic E-state index is -0.325. The van der Waals surface area contributed by atoms with Gasteiger partial charge in [0.25, 0.3) is 0 Å². The van der Waals surface area contributed by atoms with Crippen molar-refractivity contribution in [2.75, 3.05) is 6.54 Å². The van der Waals surface area contributed by atoms with Crippen LogP contribution < -0.4 is 5.32 Å². The number of nitrogens with one attached hydrogen (secondary N) is 1. The van der Waals surface area contributed by atoms with Crippen molar-refractivity contribution in [3.63, 3.8) is 0 Å². The van der Waals surface area contributed by atoms with Gasteiger partial charge >= 0.3 is 0 Å². The van der Waals surface area contributed by atoms with Gasteiger partial charge in [0.1, 0.15) is 5.82 Å². The van der Waals surface area contributed by atoms with Gasteiger partial charge in [-0.25, -0.2) is 4.39 Å². The first kappa shape index (κ1) is 14.6. The molecular formula is C17H20FNO. The van der Waals surface area contributed by atoms with Gasteiger partial charge in [0, 0.05) is 6.42 Å². The molecule has 2 rings (SSSR count). The molecule has 1 aliphatic carbocycles. The quantitative estimate of drug-likeness (QED) is 0.841. The zero-order valence-corrected chi connectivity index (χ0v) is 11.6. The maximum atomic E-state index is 13.3. The van der Waals surface area contributed by atoms with Crippen LogP contribution in [0.15, 0.2) is 24.3 Å². The van der Waals surface area contributed by atoms with Crippen LogP contribution in [0.2, 0.25) is 0 Å². The van der Waals surface area contributed by atoms with E-state index in [1.807, 2.05) is 0 Å². The molecule has 20 heavy (non-hydrogen) atoms. The number of carbonyl (C=O) groups excluding carboxylic acids is 1. The van der Waals surface area contributed by atoms with Crippen molar-refractivity contribution >= 4 is 5.91 Å². The van der Waals surface area contributed by atoms with Crippen LogP contribution in [0.3, 0.4) is 0 Å². The third-order valence-electron chi connectivity index (χ3n) is 3.67. The topological polar surface area (TPSA) is 29.1 Å². The monoisotopic (exact) mass is 273 g/mol. The van der Waals surface area contributed by atoms with Crippen molar-refractivity contribution in [1.82, 2.24) is 5.32 Å². The first-order valence-electron chi connectivity index (χ1n) is 7.26. The summed E-state index contributed by atoms with van der Waals surface area (Å²) in [6, 6.07) is 6.39. The van der Waals surface area contributed by atoms with Crippen molar-refractivity contribution < 1.29 is 9.18 Å². The largest absolute Gasteiger partial charge is 0.345 e. The van der Waals surface area contributed by atoms with Gasteiger partial charge in [-0.3, -0.25) is 4.79 Å². The van der Waals surface area contributed by atoms with E-state index in [2.05, 4.69) is 17.2 Å². The van der Waals surface area contributed by atoms with Gasteiger partial charge in [-0.05, 0) is 30.9 Å². The van der Waals surface area contributed by atoms with Gasteiger partial charge in [0.15, 0.2) is 0 Å². The molecule has 106 valence electrons. The molecule has 3 heteroatoms. The smallest absolute Gasteiger partial charge is 0.221 e. The molecule has 0 radical (unpaired) electrons. The summed E-state index contributed by atoms with van der Waals surface area (Å²) in [4.78, 5) is 11.7. The van der Waals surface area contributed by atoms with E-state index in [-0.39, 0.29) is 18.3 Å². The Balaban J connectivity index is 1.73. The lowest BCUT2D eigenvalue weighted by molar-refractivity contribution is -0.122. The third-order valence-corrected chi connectivity index (χ3v) is 3.67. The number of amides is 1. The normalized spacial score (nSPS) is 15.2. The predicted molar refractivity (Wildman–Crippen MR) is 77.5 cm³/mol. The number of halogens is 1. The molecule has 0 heterocycles. The summed E-state index contributed by atoms with van der Waals surface area (Å²) in [7, 11) is 0. The first-order chi connectivity index (χ1) is 9.75. The summed E-state index contributed by atoms with van der Waals surface area (Å²) in [5.74, 6) is 5.78. The lowest BCUT2D eigenvalue weighted by Gasteiger charge is -2.20. The summed E-state index contributed by atoms with van der Waals surface area (Å²) in [5.41, 5.74) is 0.369. The Kier molecular flexibility index (Phi) is 5.61. The van der Waals surface area contributed by atoms with E-state index in [0.717, 1.165) is 12.8 Å². The van der Waals surface area contributed by atoms with Gasteiger partial charge in [-0.2, -0.15) is 0 Å². The fourth-order valence-corrected chi connectivity index (χ4v) is 2.57. The van der Waals surface area contributed by atoms with Crippen molar-refractivity contribution in [1.29, 1.82) is 0 Å². The minimum absolute atomic E-state index is 0.0553. The van der Waals surface area contributed by atoms with Crippen molar-refractivity contribution in [2.45, 2.75) is 38.5 Å². The van der Waals surface area contributed by atoms with Crippen molar-refractivity contribution in [3.8, 4) is 11.8 Å². The second-order valence-corrected chi connectivity index (χ2v) is 5.27. The zero-order valence-electron chi connectivity index (χ0n) is 11.6. The lowest BCUT2D eigenvalue weighted by atomic mass is 9.87. The molecule has 1 amide bonds. The molecule has 0 atom stereocenters. The van der Waals surface area contributed by atoms with Gasteiger partial charge in [0.05, 0.1) is 12.1 Å². The van der Waals surface area contributed by atoms with Crippen LogP contribution in [-0.4, -0.2) is 12.5 Å². The van der Waals surface area contributed by atoms with Gasteiger partial charge in [-0.1, -0.05) is 43.2 Å². The summed E-state index contributed by atoms with van der Waals surface area (Å²) in [5, 5.41) is 2.78. The zero-order chi connectivity index (χ0) is 14.2. The van der Waals surface area contributed by atoms with E-state index in [9.17, 15) is 9.18 Å². The Morgan fingerprint density at radius 2 is 2.00 bits per heavy atom. The molecule has 0 spiro atoms. The number of carbonyl (C=O) groups is 1. The van der Waals surface area contributed by atoms with E-state index in [1.54, 1.807) is 18.2 Å². The van der Waals surface area contributed by atoms with Gasteiger partial charge in [0.2, 0.25) is 5.91 Å². The second-order valence-electron chi connectivity index (χ2n) is 5.27. The summed E-state index contributed by atoms with van der Waals surface area (Å²) >= 11 is 0. The minimum Gasteiger partial charge on any atom is -0.345 e. The van der Waals surface area contributed by atoms with Crippen LogP contribution in [-0.2, 0) is 4.79 Å². The highest BCUT2D eigenvalue weighted by Crippen LogP contribution is 2.25. The molecule has 1 saturated carbocycles. The molecule has 1 N–H and O–H groups in total. The van der Waals surface area contributed by atoms with Gasteiger partial charge < -0.3 is 5.32 Å². The number of rotatable bonds is 3. The number of hydrogen-bond acceptors (Lipinski definition) is 1. The summed E-state index contributed by atoms with van der Waals surface area (Å²) in [6.45, 7) is 0.278. The molecule has 1 fully saturated rings. The standard InChI is InChI=1S/C17H20FNO/c18-16-11-5-4-9-15(16)10-6-12-19-17(20)13-14-7-2-1-3-8-14/h4-5,9,11,14H,1-3,7-8,12-13H2,(H,19,20). The fraction of sp³-hybridized carbons (Fsp3) is 0.471. The highest BCUT2D eigenvalue weighted by Gasteiger charge is 2.16. The van der Waals surface area contributed by atoms with Crippen molar-refractivity contribution in [3.05, 3.63) is 35.6 Å². The molecule has 0 aliphatic heterocycles. The van der Waals surface area contributed by atoms with Crippen LogP contribution in [0.5, 0.6) is 0 Å². The lowest BCUT2D eigenvalue weighted by Crippen LogP contribution is -2.26. The molecule has 0 saturated heterocycles. The van der Waals surface area contributed by atoms with Crippen molar-refractivity contribution in [2.24, 2.45) is 5.92 Å². The SMILES string of the molecule is O=C(CC1CCCCC1)NCC#Cc1ccccc1F. The van der Waals surface area contributed by atoms with Crippen LogP contribution in [0.4, 0.5) is 4.39 Å².